The molecule has 0 aliphatic carbocycles. The van der Waals surface area contributed by atoms with Gasteiger partial charge in [0.1, 0.15) is 0 Å². The molecule has 0 saturated carbocycles. The Bertz CT molecular complexity index is 258. The Balaban J connectivity index is 0.000000424. The van der Waals surface area contributed by atoms with E-state index in [1.165, 1.54) is 24.9 Å². The number of thiazole rings is 1. The van der Waals surface area contributed by atoms with Gasteiger partial charge in [-0.05, 0) is 6.92 Å². The van der Waals surface area contributed by atoms with E-state index in [2.05, 4.69) is 23.6 Å². The maximum Gasteiger partial charge on any atom is 0.357 e. The molecule has 0 atom stereocenters. The molecular formula is C9H15NO2S. The lowest BCUT2D eigenvalue weighted by atomic mass is 10.5. The molecule has 0 amide bonds. The molecule has 0 N–H and O–H groups in total. The minimum atomic E-state index is -0.371. The second-order valence-electron chi connectivity index (χ2n) is 2.45. The van der Waals surface area contributed by atoms with Crippen LogP contribution in [0.5, 0.6) is 0 Å². The Labute approximate surface area is 82.8 Å². The summed E-state index contributed by atoms with van der Waals surface area (Å²) in [5.74, 6) is -0.371. The van der Waals surface area contributed by atoms with Crippen LogP contribution < -0.4 is 0 Å². The topological polar surface area (TPSA) is 39.2 Å². The third-order valence-corrected chi connectivity index (χ3v) is 1.79. The van der Waals surface area contributed by atoms with Gasteiger partial charge in [0.25, 0.3) is 0 Å². The van der Waals surface area contributed by atoms with Gasteiger partial charge in [-0.1, -0.05) is 20.3 Å². The second-order valence-corrected chi connectivity index (χ2v) is 3.51. The number of hydrogen-bond donors (Lipinski definition) is 0. The zero-order valence-electron chi connectivity index (χ0n) is 8.46. The molecule has 0 saturated heterocycles. The van der Waals surface area contributed by atoms with Gasteiger partial charge in [-0.25, -0.2) is 9.78 Å². The number of rotatable bonds is 1. The molecule has 0 bridgehead atoms. The number of aromatic nitrogens is 1. The maximum absolute atomic E-state index is 10.7. The number of aryl methyl sites for hydroxylation is 1. The van der Waals surface area contributed by atoms with Crippen molar-refractivity contribution in [3.63, 3.8) is 0 Å². The van der Waals surface area contributed by atoms with Crippen LogP contribution in [0, 0.1) is 6.92 Å². The number of carbonyl (C=O) groups is 1. The Morgan fingerprint density at radius 2 is 2.15 bits per heavy atom. The number of ether oxygens (including phenoxy) is 1. The van der Waals surface area contributed by atoms with Crippen molar-refractivity contribution in [2.45, 2.75) is 27.2 Å². The van der Waals surface area contributed by atoms with E-state index >= 15 is 0 Å². The van der Waals surface area contributed by atoms with Crippen molar-refractivity contribution in [2.75, 3.05) is 7.11 Å². The summed E-state index contributed by atoms with van der Waals surface area (Å²) in [5, 5.41) is 2.56. The first-order chi connectivity index (χ1) is 6.15. The molecule has 1 aromatic heterocycles. The monoisotopic (exact) mass is 201 g/mol. The highest BCUT2D eigenvalue weighted by atomic mass is 32.1. The van der Waals surface area contributed by atoms with Crippen LogP contribution in [-0.4, -0.2) is 18.1 Å². The summed E-state index contributed by atoms with van der Waals surface area (Å²) in [7, 11) is 1.34. The molecule has 1 rings (SSSR count). The van der Waals surface area contributed by atoms with E-state index < -0.39 is 0 Å². The van der Waals surface area contributed by atoms with Crippen LogP contribution in [-0.2, 0) is 4.74 Å². The van der Waals surface area contributed by atoms with Crippen LogP contribution in [0.15, 0.2) is 5.38 Å². The van der Waals surface area contributed by atoms with E-state index in [9.17, 15) is 4.79 Å². The molecule has 0 radical (unpaired) electrons. The van der Waals surface area contributed by atoms with E-state index in [1.54, 1.807) is 5.38 Å². The minimum absolute atomic E-state index is 0.371. The number of esters is 1. The molecule has 4 heteroatoms. The molecule has 0 fully saturated rings. The Kier molecular flexibility index (Phi) is 6.14. The number of nitrogens with zero attached hydrogens (tertiary/aromatic N) is 1. The molecule has 74 valence electrons. The Morgan fingerprint density at radius 3 is 2.46 bits per heavy atom. The highest BCUT2D eigenvalue weighted by molar-refractivity contribution is 7.09. The predicted octanol–water partition coefficient (Wildman–Crippen LogP) is 2.65. The molecule has 0 spiro atoms. The van der Waals surface area contributed by atoms with Gasteiger partial charge in [-0.2, -0.15) is 0 Å². The summed E-state index contributed by atoms with van der Waals surface area (Å²) in [5.41, 5.74) is 0.394. The lowest BCUT2D eigenvalue weighted by Gasteiger charge is -1.89. The van der Waals surface area contributed by atoms with Gasteiger partial charge < -0.3 is 4.74 Å². The molecule has 0 aliphatic rings. The van der Waals surface area contributed by atoms with Crippen LogP contribution in [0.1, 0.15) is 35.8 Å². The molecule has 1 aromatic rings. The van der Waals surface area contributed by atoms with Crippen molar-refractivity contribution in [3.05, 3.63) is 16.1 Å². The fourth-order valence-electron chi connectivity index (χ4n) is 0.562. The van der Waals surface area contributed by atoms with Crippen molar-refractivity contribution in [2.24, 2.45) is 0 Å². The quantitative estimate of drug-likeness (QED) is 0.656. The lowest BCUT2D eigenvalue weighted by Crippen LogP contribution is -2.00. The summed E-state index contributed by atoms with van der Waals surface area (Å²) >= 11 is 1.44. The van der Waals surface area contributed by atoms with Crippen molar-refractivity contribution < 1.29 is 9.53 Å². The number of hydrogen-bond acceptors (Lipinski definition) is 4. The predicted molar refractivity (Wildman–Crippen MR) is 54.2 cm³/mol. The minimum Gasteiger partial charge on any atom is -0.464 e. The molecule has 0 unspecified atom stereocenters. The first-order valence-electron chi connectivity index (χ1n) is 4.16. The average molecular weight is 201 g/mol. The average Bonchev–Trinajstić information content (AvgIpc) is 2.52. The molecule has 3 nitrogen and oxygen atoms in total. The number of methoxy groups -OCH3 is 1. The number of carbonyl (C=O) groups excluding carboxylic acids is 1. The largest absolute Gasteiger partial charge is 0.464 e. The van der Waals surface area contributed by atoms with Crippen molar-refractivity contribution in [1.82, 2.24) is 4.98 Å². The Morgan fingerprint density at radius 1 is 1.62 bits per heavy atom. The van der Waals surface area contributed by atoms with Gasteiger partial charge >= 0.3 is 5.97 Å². The highest BCUT2D eigenvalue weighted by Crippen LogP contribution is 2.08. The fraction of sp³-hybridized carbons (Fsp3) is 0.556. The van der Waals surface area contributed by atoms with E-state index in [4.69, 9.17) is 0 Å². The smallest absolute Gasteiger partial charge is 0.357 e. The van der Waals surface area contributed by atoms with Gasteiger partial charge in [0.2, 0.25) is 0 Å². The Hall–Kier alpha value is -0.900. The molecule has 13 heavy (non-hydrogen) atoms. The van der Waals surface area contributed by atoms with E-state index in [1.807, 2.05) is 6.92 Å². The van der Waals surface area contributed by atoms with Gasteiger partial charge in [0, 0.05) is 5.38 Å². The van der Waals surface area contributed by atoms with Crippen LogP contribution >= 0.6 is 11.3 Å². The zero-order chi connectivity index (χ0) is 10.3. The third kappa shape index (κ3) is 4.62. The molecule has 0 aliphatic heterocycles. The van der Waals surface area contributed by atoms with Gasteiger partial charge in [-0.15, -0.1) is 11.3 Å². The van der Waals surface area contributed by atoms with Crippen LogP contribution in [0.3, 0.4) is 0 Å². The fourth-order valence-corrected chi connectivity index (χ4v) is 1.14. The van der Waals surface area contributed by atoms with Crippen molar-refractivity contribution in [1.29, 1.82) is 0 Å². The van der Waals surface area contributed by atoms with Crippen LogP contribution in [0.4, 0.5) is 0 Å². The zero-order valence-corrected chi connectivity index (χ0v) is 9.27. The highest BCUT2D eigenvalue weighted by Gasteiger charge is 2.07. The standard InChI is InChI=1S/C6H7NO2S.C3H8/c1-4-7-5(3-10-4)6(8)9-2;1-3-2/h3H,1-2H3;3H2,1-2H3. The summed E-state index contributed by atoms with van der Waals surface area (Å²) in [4.78, 5) is 14.7. The van der Waals surface area contributed by atoms with E-state index in [0.29, 0.717) is 5.69 Å². The first kappa shape index (κ1) is 12.1. The van der Waals surface area contributed by atoms with Crippen molar-refractivity contribution >= 4 is 17.3 Å². The summed E-state index contributed by atoms with van der Waals surface area (Å²) in [6, 6.07) is 0. The lowest BCUT2D eigenvalue weighted by molar-refractivity contribution is 0.0595. The molecular weight excluding hydrogens is 186 g/mol. The van der Waals surface area contributed by atoms with Gasteiger partial charge in [0.15, 0.2) is 5.69 Å². The van der Waals surface area contributed by atoms with Gasteiger partial charge in [0.05, 0.1) is 12.1 Å². The second kappa shape index (κ2) is 6.60. The first-order valence-corrected chi connectivity index (χ1v) is 5.04. The van der Waals surface area contributed by atoms with Gasteiger partial charge in [-0.3, -0.25) is 0 Å². The summed E-state index contributed by atoms with van der Waals surface area (Å²) in [6.45, 7) is 6.09. The maximum atomic E-state index is 10.7. The normalized spacial score (nSPS) is 8.62. The third-order valence-electron chi connectivity index (χ3n) is 1.01. The molecule has 0 aromatic carbocycles. The molecule has 1 heterocycles. The SMILES string of the molecule is CCC.COC(=O)c1csc(C)n1. The van der Waals surface area contributed by atoms with E-state index in [-0.39, 0.29) is 5.97 Å². The summed E-state index contributed by atoms with van der Waals surface area (Å²) in [6.07, 6.45) is 1.25. The van der Waals surface area contributed by atoms with Crippen molar-refractivity contribution in [3.8, 4) is 0 Å². The van der Waals surface area contributed by atoms with E-state index in [0.717, 1.165) is 5.01 Å². The summed E-state index contributed by atoms with van der Waals surface area (Å²) < 4.78 is 4.45. The van der Waals surface area contributed by atoms with Crippen LogP contribution in [0.2, 0.25) is 0 Å². The van der Waals surface area contributed by atoms with Crippen LogP contribution in [0.25, 0.3) is 0 Å².